The van der Waals surface area contributed by atoms with E-state index < -0.39 is 0 Å². The number of aryl methyl sites for hydroxylation is 4. The van der Waals surface area contributed by atoms with Crippen LogP contribution in [0, 0.1) is 27.7 Å². The third-order valence-corrected chi connectivity index (χ3v) is 12.0. The number of rotatable bonds is 1. The van der Waals surface area contributed by atoms with Gasteiger partial charge in [-0.1, -0.05) is 12.1 Å². The van der Waals surface area contributed by atoms with Gasteiger partial charge in [0, 0.05) is 34.9 Å². The fourth-order valence-electron chi connectivity index (χ4n) is 5.34. The van der Waals surface area contributed by atoms with Crippen LogP contribution in [0.4, 0.5) is 0 Å². The van der Waals surface area contributed by atoms with Crippen molar-refractivity contribution in [2.45, 2.75) is 44.3 Å². The quantitative estimate of drug-likeness (QED) is 0.223. The highest BCUT2D eigenvalue weighted by atomic mass is 32.2. The molecule has 0 bridgehead atoms. The molecule has 0 saturated heterocycles. The van der Waals surface area contributed by atoms with Gasteiger partial charge in [-0.05, 0) is 103 Å². The van der Waals surface area contributed by atoms with Gasteiger partial charge >= 0.3 is 0 Å². The molecule has 0 saturated carbocycles. The van der Waals surface area contributed by atoms with Gasteiger partial charge in [0.15, 0.2) is 0 Å². The van der Waals surface area contributed by atoms with Crippen molar-refractivity contribution in [1.82, 2.24) is 0 Å². The molecular formula is C28H22S4. The molecule has 158 valence electrons. The Morgan fingerprint density at radius 1 is 0.656 bits per heavy atom. The van der Waals surface area contributed by atoms with Crippen LogP contribution in [-0.4, -0.2) is 0 Å². The van der Waals surface area contributed by atoms with Crippen molar-refractivity contribution in [2.24, 2.45) is 0 Å². The highest BCUT2D eigenvalue weighted by molar-refractivity contribution is 8.00. The summed E-state index contributed by atoms with van der Waals surface area (Å²) < 4.78 is 4.38. The summed E-state index contributed by atoms with van der Waals surface area (Å²) in [7, 11) is 0. The molecule has 1 atom stereocenters. The number of thiophene rings is 3. The summed E-state index contributed by atoms with van der Waals surface area (Å²) in [4.78, 5) is 5.81. The topological polar surface area (TPSA) is 0 Å². The van der Waals surface area contributed by atoms with Crippen molar-refractivity contribution >= 4 is 86.8 Å². The molecule has 0 aliphatic carbocycles. The lowest BCUT2D eigenvalue weighted by Gasteiger charge is -2.06. The summed E-state index contributed by atoms with van der Waals surface area (Å²) in [6.07, 6.45) is 1.13. The fourth-order valence-corrected chi connectivity index (χ4v) is 10.2. The van der Waals surface area contributed by atoms with Crippen LogP contribution in [0.25, 0.3) is 41.0 Å². The molecule has 1 aliphatic heterocycles. The summed E-state index contributed by atoms with van der Waals surface area (Å²) in [6.45, 7) is 9.05. The van der Waals surface area contributed by atoms with Gasteiger partial charge in [0.25, 0.3) is 0 Å². The lowest BCUT2D eigenvalue weighted by Crippen LogP contribution is -1.89. The van der Waals surface area contributed by atoms with E-state index >= 15 is 0 Å². The average molecular weight is 487 g/mol. The Hall–Kier alpha value is -1.85. The van der Waals surface area contributed by atoms with E-state index in [2.05, 4.69) is 81.9 Å². The van der Waals surface area contributed by atoms with Crippen LogP contribution >= 0.6 is 45.8 Å². The SMILES string of the molecule is Cc1cc2c(ccc3c4c(ccc32)SC(c2cc3c(C)c(C)c5cc(C)sc5c3s2)C4)s1. The molecule has 4 heterocycles. The van der Waals surface area contributed by atoms with Crippen molar-refractivity contribution in [3.8, 4) is 0 Å². The van der Waals surface area contributed by atoms with Gasteiger partial charge in [0.1, 0.15) is 0 Å². The monoisotopic (exact) mass is 486 g/mol. The molecule has 3 aromatic heterocycles. The van der Waals surface area contributed by atoms with Crippen LogP contribution in [0.5, 0.6) is 0 Å². The zero-order valence-electron chi connectivity index (χ0n) is 18.5. The third kappa shape index (κ3) is 2.67. The third-order valence-electron chi connectivity index (χ3n) is 7.05. The fraction of sp³-hybridized carbons (Fsp3) is 0.214. The van der Waals surface area contributed by atoms with Gasteiger partial charge < -0.3 is 0 Å². The van der Waals surface area contributed by atoms with Crippen molar-refractivity contribution in [2.75, 3.05) is 0 Å². The molecule has 0 fully saturated rings. The molecule has 6 aromatic rings. The van der Waals surface area contributed by atoms with E-state index in [1.54, 1.807) is 5.56 Å². The summed E-state index contributed by atoms with van der Waals surface area (Å²) >= 11 is 7.96. The van der Waals surface area contributed by atoms with Crippen LogP contribution in [0.15, 0.2) is 47.4 Å². The number of thioether (sulfide) groups is 1. The predicted octanol–water partition coefficient (Wildman–Crippen LogP) is 10.1. The van der Waals surface area contributed by atoms with E-state index in [1.807, 2.05) is 34.0 Å². The lowest BCUT2D eigenvalue weighted by atomic mass is 9.98. The van der Waals surface area contributed by atoms with E-state index in [0.717, 1.165) is 6.42 Å². The number of hydrogen-bond acceptors (Lipinski definition) is 4. The number of benzene rings is 3. The average Bonchev–Trinajstić information content (AvgIpc) is 3.53. The lowest BCUT2D eigenvalue weighted by molar-refractivity contribution is 0.980. The van der Waals surface area contributed by atoms with Crippen molar-refractivity contribution in [3.05, 3.63) is 73.8 Å². The minimum Gasteiger partial charge on any atom is -0.141 e. The second-order valence-corrected chi connectivity index (χ2v) is 13.9. The highest BCUT2D eigenvalue weighted by Crippen LogP contribution is 2.53. The van der Waals surface area contributed by atoms with Crippen molar-refractivity contribution < 1.29 is 0 Å². The van der Waals surface area contributed by atoms with Gasteiger partial charge in [0.05, 0.1) is 9.40 Å². The first-order chi connectivity index (χ1) is 15.5. The minimum absolute atomic E-state index is 0.517. The molecule has 0 amide bonds. The molecule has 4 heteroatoms. The van der Waals surface area contributed by atoms with E-state index in [1.165, 1.54) is 71.7 Å². The Morgan fingerprint density at radius 2 is 1.34 bits per heavy atom. The van der Waals surface area contributed by atoms with Crippen molar-refractivity contribution in [1.29, 1.82) is 0 Å². The van der Waals surface area contributed by atoms with Crippen LogP contribution in [0.1, 0.15) is 36.6 Å². The smallest absolute Gasteiger partial charge is 0.0527 e. The van der Waals surface area contributed by atoms with Gasteiger partial charge in [0.2, 0.25) is 0 Å². The van der Waals surface area contributed by atoms with Gasteiger partial charge in [-0.3, -0.25) is 0 Å². The first-order valence-electron chi connectivity index (χ1n) is 11.0. The first kappa shape index (κ1) is 19.6. The summed E-state index contributed by atoms with van der Waals surface area (Å²) in [6, 6.07) is 16.7. The Kier molecular flexibility index (Phi) is 4.18. The first-order valence-corrected chi connectivity index (χ1v) is 14.3. The van der Waals surface area contributed by atoms with E-state index in [-0.39, 0.29) is 0 Å². The second kappa shape index (κ2) is 6.83. The van der Waals surface area contributed by atoms with Gasteiger partial charge in [-0.2, -0.15) is 0 Å². The maximum atomic E-state index is 2.50. The summed E-state index contributed by atoms with van der Waals surface area (Å²) in [5.74, 6) is 0. The van der Waals surface area contributed by atoms with Crippen LogP contribution in [0.3, 0.4) is 0 Å². The molecule has 0 N–H and O–H groups in total. The molecule has 3 aromatic carbocycles. The molecule has 0 nitrogen and oxygen atoms in total. The number of fused-ring (bicyclic) bond motifs is 8. The van der Waals surface area contributed by atoms with E-state index in [4.69, 9.17) is 0 Å². The molecular weight excluding hydrogens is 465 g/mol. The van der Waals surface area contributed by atoms with E-state index in [0.29, 0.717) is 5.25 Å². The maximum Gasteiger partial charge on any atom is 0.0527 e. The molecule has 0 radical (unpaired) electrons. The zero-order valence-corrected chi connectivity index (χ0v) is 21.7. The van der Waals surface area contributed by atoms with E-state index in [9.17, 15) is 0 Å². The zero-order chi connectivity index (χ0) is 21.7. The molecule has 7 rings (SSSR count). The Bertz CT molecular complexity index is 1720. The second-order valence-electron chi connectivity index (χ2n) is 9.02. The summed E-state index contributed by atoms with van der Waals surface area (Å²) in [5, 5.41) is 7.73. The van der Waals surface area contributed by atoms with Crippen LogP contribution < -0.4 is 0 Å². The Morgan fingerprint density at radius 3 is 2.19 bits per heavy atom. The van der Waals surface area contributed by atoms with Gasteiger partial charge in [-0.25, -0.2) is 0 Å². The maximum absolute atomic E-state index is 2.50. The normalized spacial score (nSPS) is 16.2. The highest BCUT2D eigenvalue weighted by Gasteiger charge is 2.28. The molecule has 1 unspecified atom stereocenters. The van der Waals surface area contributed by atoms with Crippen LogP contribution in [0.2, 0.25) is 0 Å². The van der Waals surface area contributed by atoms with Gasteiger partial charge in [-0.15, -0.1) is 45.8 Å². The standard InChI is InChI=1S/C28H22S4/c1-13-10-21-17-6-8-24-22(18(17)5-7-23(21)29-13)12-25(31-24)26-11-20-16(4)15(3)19-9-14(2)30-27(19)28(20)32-26/h5-11,25H,12H2,1-4H3. The molecule has 32 heavy (non-hydrogen) atoms. The van der Waals surface area contributed by atoms with Crippen molar-refractivity contribution in [3.63, 3.8) is 0 Å². The number of hydrogen-bond donors (Lipinski definition) is 0. The largest absolute Gasteiger partial charge is 0.141 e. The van der Waals surface area contributed by atoms with Crippen LogP contribution in [-0.2, 0) is 6.42 Å². The minimum atomic E-state index is 0.517. The Balaban J connectivity index is 1.37. The summed E-state index contributed by atoms with van der Waals surface area (Å²) in [5.41, 5.74) is 4.45. The molecule has 0 spiro atoms. The predicted molar refractivity (Wildman–Crippen MR) is 148 cm³/mol. The Labute approximate surface area is 203 Å². The molecule has 1 aliphatic rings.